The van der Waals surface area contributed by atoms with E-state index < -0.39 is 29.9 Å². The second kappa shape index (κ2) is 11.9. The lowest BCUT2D eigenvalue weighted by atomic mass is 9.99. The van der Waals surface area contributed by atoms with Gasteiger partial charge >= 0.3 is 6.18 Å². The zero-order valence-corrected chi connectivity index (χ0v) is 21.7. The molecule has 206 valence electrons. The van der Waals surface area contributed by atoms with E-state index in [2.05, 4.69) is 32.2 Å². The minimum Gasteiger partial charge on any atom is -0.379 e. The second-order valence-electron chi connectivity index (χ2n) is 9.47. The van der Waals surface area contributed by atoms with Gasteiger partial charge in [-0.15, -0.1) is 0 Å². The Morgan fingerprint density at radius 3 is 2.64 bits per heavy atom. The normalized spacial score (nSPS) is 18.4. The molecule has 11 heteroatoms. The van der Waals surface area contributed by atoms with Crippen molar-refractivity contribution >= 4 is 34.0 Å². The Kier molecular flexibility index (Phi) is 8.59. The van der Waals surface area contributed by atoms with Gasteiger partial charge in [0.15, 0.2) is 0 Å². The molecule has 1 fully saturated rings. The number of likely N-dealkylation sites (tertiary alicyclic amines) is 1. The molecule has 1 saturated heterocycles. The number of hydrogen-bond donors (Lipinski definition) is 2. The van der Waals surface area contributed by atoms with Crippen LogP contribution in [0, 0.1) is 0 Å². The summed E-state index contributed by atoms with van der Waals surface area (Å²) in [6, 6.07) is 6.03. The minimum atomic E-state index is -4.69. The number of halogens is 4. The molecule has 1 aliphatic rings. The Morgan fingerprint density at radius 2 is 1.97 bits per heavy atom. The third-order valence-corrected chi connectivity index (χ3v) is 6.59. The summed E-state index contributed by atoms with van der Waals surface area (Å²) in [5.41, 5.74) is 0.256. The van der Waals surface area contributed by atoms with Crippen molar-refractivity contribution in [2.24, 2.45) is 0 Å². The predicted octanol–water partition coefficient (Wildman–Crippen LogP) is 5.06. The molecule has 1 aliphatic heterocycles. The standard InChI is InChI=1S/C28H30F4N6O/c1-4-18-14-34-26(35-15-18)27(39)33-11-6-7-19-13-21-20(25(36-19)17(2)28(30,31)32)8-5-9-23(21)37-24-10-12-38(3)16-22(24)29/h5-9,13-15,22,24,37H,2,4,10-12,16H2,1,3H3,(H,33,39)/b7-6+/t22-,24+/m0/s1. The average molecular weight is 543 g/mol. The van der Waals surface area contributed by atoms with Gasteiger partial charge < -0.3 is 15.5 Å². The fraction of sp³-hybridized carbons (Fsp3) is 0.357. The summed E-state index contributed by atoms with van der Waals surface area (Å²) in [6.45, 7) is 6.25. The lowest BCUT2D eigenvalue weighted by molar-refractivity contribution is -0.0688. The van der Waals surface area contributed by atoms with Crippen molar-refractivity contribution in [2.75, 3.05) is 32.0 Å². The van der Waals surface area contributed by atoms with Crippen molar-refractivity contribution in [3.63, 3.8) is 0 Å². The van der Waals surface area contributed by atoms with E-state index >= 15 is 0 Å². The topological polar surface area (TPSA) is 83.0 Å². The first-order chi connectivity index (χ1) is 18.6. The first kappa shape index (κ1) is 28.2. The number of nitrogens with one attached hydrogen (secondary N) is 2. The Balaban J connectivity index is 1.60. The maximum atomic E-state index is 14.7. The van der Waals surface area contributed by atoms with Gasteiger partial charge in [-0.25, -0.2) is 19.3 Å². The lowest BCUT2D eigenvalue weighted by Crippen LogP contribution is -2.46. The molecule has 1 amide bonds. The van der Waals surface area contributed by atoms with Crippen molar-refractivity contribution < 1.29 is 22.4 Å². The van der Waals surface area contributed by atoms with E-state index in [0.717, 1.165) is 12.0 Å². The largest absolute Gasteiger partial charge is 0.417 e. The maximum absolute atomic E-state index is 14.7. The molecule has 0 aliphatic carbocycles. The van der Waals surface area contributed by atoms with E-state index in [9.17, 15) is 22.4 Å². The van der Waals surface area contributed by atoms with Crippen LogP contribution in [-0.4, -0.2) is 70.8 Å². The van der Waals surface area contributed by atoms with Crippen LogP contribution in [0.1, 0.15) is 40.9 Å². The molecule has 3 heterocycles. The van der Waals surface area contributed by atoms with E-state index in [1.807, 2.05) is 18.9 Å². The van der Waals surface area contributed by atoms with Crippen molar-refractivity contribution in [3.8, 4) is 0 Å². The quantitative estimate of drug-likeness (QED) is 0.388. The van der Waals surface area contributed by atoms with E-state index in [0.29, 0.717) is 24.0 Å². The van der Waals surface area contributed by atoms with Crippen molar-refractivity contribution in [1.82, 2.24) is 25.2 Å². The van der Waals surface area contributed by atoms with Crippen LogP contribution in [-0.2, 0) is 6.42 Å². The van der Waals surface area contributed by atoms with Crippen LogP contribution >= 0.6 is 0 Å². The highest BCUT2D eigenvalue weighted by atomic mass is 19.4. The van der Waals surface area contributed by atoms with Gasteiger partial charge in [-0.2, -0.15) is 13.2 Å². The predicted molar refractivity (Wildman–Crippen MR) is 144 cm³/mol. The second-order valence-corrected chi connectivity index (χ2v) is 9.47. The monoisotopic (exact) mass is 542 g/mol. The van der Waals surface area contributed by atoms with Gasteiger partial charge in [0.05, 0.1) is 23.0 Å². The van der Waals surface area contributed by atoms with Gasteiger partial charge in [0.2, 0.25) is 5.82 Å². The molecule has 0 unspecified atom stereocenters. The number of carbonyl (C=O) groups is 1. The summed E-state index contributed by atoms with van der Waals surface area (Å²) in [5.74, 6) is -0.464. The van der Waals surface area contributed by atoms with Crippen LogP contribution in [0.5, 0.6) is 0 Å². The summed E-state index contributed by atoms with van der Waals surface area (Å²) >= 11 is 0. The summed E-state index contributed by atoms with van der Waals surface area (Å²) in [6.07, 6.45) is 1.72. The van der Waals surface area contributed by atoms with Gasteiger partial charge in [-0.3, -0.25) is 4.79 Å². The molecular weight excluding hydrogens is 512 g/mol. The number of amides is 1. The van der Waals surface area contributed by atoms with Crippen molar-refractivity contribution in [2.45, 2.75) is 38.2 Å². The number of piperidine rings is 1. The number of hydrogen-bond acceptors (Lipinski definition) is 6. The number of fused-ring (bicyclic) bond motifs is 1. The van der Waals surface area contributed by atoms with Crippen LogP contribution in [0.25, 0.3) is 22.4 Å². The molecule has 2 N–H and O–H groups in total. The highest BCUT2D eigenvalue weighted by Crippen LogP contribution is 2.37. The Labute approximate surface area is 224 Å². The molecule has 0 saturated carbocycles. The van der Waals surface area contributed by atoms with Crippen LogP contribution in [0.2, 0.25) is 0 Å². The number of alkyl halides is 4. The lowest BCUT2D eigenvalue weighted by Gasteiger charge is -2.33. The number of nitrogens with zero attached hydrogens (tertiary/aromatic N) is 4. The van der Waals surface area contributed by atoms with E-state index in [4.69, 9.17) is 0 Å². The highest BCUT2D eigenvalue weighted by molar-refractivity contribution is 6.01. The number of aryl methyl sites for hydroxylation is 1. The molecule has 1 aromatic carbocycles. The number of aromatic nitrogens is 3. The molecule has 2 atom stereocenters. The first-order valence-electron chi connectivity index (χ1n) is 12.6. The number of carbonyl (C=O) groups excluding carboxylic acids is 1. The van der Waals surface area contributed by atoms with Crippen molar-refractivity contribution in [1.29, 1.82) is 0 Å². The minimum absolute atomic E-state index is 0.0176. The Hall–Kier alpha value is -3.86. The third-order valence-electron chi connectivity index (χ3n) is 6.59. The summed E-state index contributed by atoms with van der Waals surface area (Å²) in [4.78, 5) is 26.5. The van der Waals surface area contributed by atoms with Gasteiger partial charge in [0, 0.05) is 48.5 Å². The average Bonchev–Trinajstić information content (AvgIpc) is 2.91. The molecule has 3 aromatic rings. The molecule has 39 heavy (non-hydrogen) atoms. The molecule has 0 spiro atoms. The Morgan fingerprint density at radius 1 is 1.23 bits per heavy atom. The third kappa shape index (κ3) is 6.78. The molecule has 7 nitrogen and oxygen atoms in total. The van der Waals surface area contributed by atoms with Gasteiger partial charge in [0.1, 0.15) is 6.17 Å². The Bertz CT molecular complexity index is 1370. The molecule has 4 rings (SSSR count). The number of allylic oxidation sites excluding steroid dienone is 1. The molecular formula is C28H30F4N6O. The maximum Gasteiger partial charge on any atom is 0.417 e. The number of rotatable bonds is 8. The summed E-state index contributed by atoms with van der Waals surface area (Å²) < 4.78 is 55.7. The first-order valence-corrected chi connectivity index (χ1v) is 12.6. The zero-order chi connectivity index (χ0) is 28.2. The summed E-state index contributed by atoms with van der Waals surface area (Å²) in [7, 11) is 1.84. The van der Waals surface area contributed by atoms with E-state index in [1.165, 1.54) is 6.08 Å². The molecule has 0 bridgehead atoms. The highest BCUT2D eigenvalue weighted by Gasteiger charge is 2.35. The van der Waals surface area contributed by atoms with Crippen LogP contribution < -0.4 is 10.6 Å². The van der Waals surface area contributed by atoms with Gasteiger partial charge in [-0.1, -0.05) is 31.7 Å². The number of pyridine rings is 1. The van der Waals surface area contributed by atoms with Crippen LogP contribution in [0.4, 0.5) is 23.2 Å². The smallest absolute Gasteiger partial charge is 0.379 e. The van der Waals surface area contributed by atoms with E-state index in [1.54, 1.807) is 42.7 Å². The zero-order valence-electron chi connectivity index (χ0n) is 21.7. The molecule has 2 aromatic heterocycles. The van der Waals surface area contributed by atoms with Crippen molar-refractivity contribution in [3.05, 3.63) is 72.1 Å². The fourth-order valence-electron chi connectivity index (χ4n) is 4.36. The number of anilines is 1. The SMILES string of the molecule is C=C(c1nc(/C=C/CNC(=O)c2ncc(CC)cn2)cc2c(N[C@@H]3CCN(C)C[C@@H]3F)cccc12)C(F)(F)F. The van der Waals surface area contributed by atoms with E-state index in [-0.39, 0.29) is 35.7 Å². The van der Waals surface area contributed by atoms with Crippen LogP contribution in [0.3, 0.4) is 0 Å². The van der Waals surface area contributed by atoms with Gasteiger partial charge in [-0.05, 0) is 43.7 Å². The molecule has 0 radical (unpaired) electrons. The summed E-state index contributed by atoms with van der Waals surface area (Å²) in [5, 5.41) is 6.56. The fourth-order valence-corrected chi connectivity index (χ4v) is 4.36. The number of benzene rings is 1. The van der Waals surface area contributed by atoms with Gasteiger partial charge in [0.25, 0.3) is 5.91 Å². The van der Waals surface area contributed by atoms with Crippen LogP contribution in [0.15, 0.2) is 49.3 Å².